The summed E-state index contributed by atoms with van der Waals surface area (Å²) < 4.78 is 11.4. The van der Waals surface area contributed by atoms with Crippen LogP contribution in [0.25, 0.3) is 0 Å². The number of rotatable bonds is 5. The van der Waals surface area contributed by atoms with Crippen LogP contribution in [0.4, 0.5) is 0 Å². The maximum Gasteiger partial charge on any atom is 0.137 e. The molecule has 21 heavy (non-hydrogen) atoms. The molecule has 4 heteroatoms. The molecular formula is C17H20N2O2. The Kier molecular flexibility index (Phi) is 4.06. The normalized spacial score (nSPS) is 17.9. The number of fused-ring (bicyclic) bond motifs is 1. The Labute approximate surface area is 125 Å². The van der Waals surface area contributed by atoms with Gasteiger partial charge in [0.1, 0.15) is 17.6 Å². The number of likely N-dealkylation sites (N-methyl/N-ethyl adjacent to an activating group) is 1. The first-order valence-corrected chi connectivity index (χ1v) is 7.28. The van der Waals surface area contributed by atoms with Gasteiger partial charge in [0.05, 0.1) is 19.3 Å². The molecule has 0 radical (unpaired) electrons. The molecule has 1 aromatic heterocycles. The van der Waals surface area contributed by atoms with Crippen LogP contribution in [0.5, 0.6) is 11.5 Å². The predicted octanol–water partition coefficient (Wildman–Crippen LogP) is 2.74. The third kappa shape index (κ3) is 2.85. The summed E-state index contributed by atoms with van der Waals surface area (Å²) in [4.78, 5) is 4.26. The van der Waals surface area contributed by atoms with Gasteiger partial charge in [-0.1, -0.05) is 25.1 Å². The number of hydrogen-bond acceptors (Lipinski definition) is 4. The standard InChI is InChI=1S/C17H20N2O2/c1-3-19-17(13-8-14(20-2)11-18-10-13)16-9-12-6-4-5-7-15(12)21-16/h4-8,10-11,16-17,19H,3,9H2,1-2H3. The van der Waals surface area contributed by atoms with Gasteiger partial charge in [-0.3, -0.25) is 4.98 Å². The number of aromatic nitrogens is 1. The number of nitrogens with zero attached hydrogens (tertiary/aromatic N) is 1. The zero-order chi connectivity index (χ0) is 14.7. The number of nitrogens with one attached hydrogen (secondary N) is 1. The first kappa shape index (κ1) is 13.9. The second kappa shape index (κ2) is 6.14. The van der Waals surface area contributed by atoms with E-state index in [1.807, 2.05) is 24.4 Å². The van der Waals surface area contributed by atoms with Crippen molar-refractivity contribution in [3.63, 3.8) is 0 Å². The Bertz CT molecular complexity index is 590. The average Bonchev–Trinajstić information content (AvgIpc) is 2.96. The summed E-state index contributed by atoms with van der Waals surface area (Å²) in [6.45, 7) is 2.97. The van der Waals surface area contributed by atoms with Crippen molar-refractivity contribution >= 4 is 0 Å². The van der Waals surface area contributed by atoms with Crippen molar-refractivity contribution in [3.05, 3.63) is 53.9 Å². The van der Waals surface area contributed by atoms with Gasteiger partial charge in [-0.2, -0.15) is 0 Å². The Morgan fingerprint density at radius 3 is 3.00 bits per heavy atom. The van der Waals surface area contributed by atoms with Gasteiger partial charge in [0.25, 0.3) is 0 Å². The van der Waals surface area contributed by atoms with Crippen molar-refractivity contribution in [1.82, 2.24) is 10.3 Å². The Balaban J connectivity index is 1.85. The molecule has 0 fully saturated rings. The molecule has 2 unspecified atom stereocenters. The van der Waals surface area contributed by atoms with Crippen LogP contribution in [0, 0.1) is 0 Å². The molecule has 3 rings (SSSR count). The van der Waals surface area contributed by atoms with Gasteiger partial charge < -0.3 is 14.8 Å². The van der Waals surface area contributed by atoms with E-state index in [4.69, 9.17) is 9.47 Å². The lowest BCUT2D eigenvalue weighted by Gasteiger charge is -2.24. The molecule has 2 aromatic rings. The summed E-state index contributed by atoms with van der Waals surface area (Å²) in [7, 11) is 1.66. The maximum absolute atomic E-state index is 6.12. The first-order chi connectivity index (χ1) is 10.3. The van der Waals surface area contributed by atoms with E-state index in [1.165, 1.54) is 5.56 Å². The summed E-state index contributed by atoms with van der Waals surface area (Å²) in [6.07, 6.45) is 4.58. The van der Waals surface area contributed by atoms with Gasteiger partial charge in [0, 0.05) is 12.6 Å². The van der Waals surface area contributed by atoms with E-state index in [2.05, 4.69) is 29.4 Å². The van der Waals surface area contributed by atoms with Crippen molar-refractivity contribution in [1.29, 1.82) is 0 Å². The van der Waals surface area contributed by atoms with E-state index in [0.717, 1.165) is 30.0 Å². The molecule has 1 aliphatic heterocycles. The molecule has 0 saturated heterocycles. The highest BCUT2D eigenvalue weighted by Gasteiger charge is 2.31. The van der Waals surface area contributed by atoms with Crippen LogP contribution in [0.2, 0.25) is 0 Å². The van der Waals surface area contributed by atoms with E-state index in [-0.39, 0.29) is 12.1 Å². The lowest BCUT2D eigenvalue weighted by Crippen LogP contribution is -2.35. The summed E-state index contributed by atoms with van der Waals surface area (Å²) >= 11 is 0. The smallest absolute Gasteiger partial charge is 0.137 e. The van der Waals surface area contributed by atoms with E-state index in [9.17, 15) is 0 Å². The largest absolute Gasteiger partial charge is 0.495 e. The minimum Gasteiger partial charge on any atom is -0.495 e. The van der Waals surface area contributed by atoms with E-state index in [1.54, 1.807) is 13.3 Å². The maximum atomic E-state index is 6.12. The fourth-order valence-corrected chi connectivity index (χ4v) is 2.80. The van der Waals surface area contributed by atoms with Crippen molar-refractivity contribution in [2.24, 2.45) is 0 Å². The highest BCUT2D eigenvalue weighted by Crippen LogP contribution is 2.34. The van der Waals surface area contributed by atoms with Gasteiger partial charge in [-0.15, -0.1) is 0 Å². The average molecular weight is 284 g/mol. The second-order valence-corrected chi connectivity index (χ2v) is 5.16. The Morgan fingerprint density at radius 1 is 1.38 bits per heavy atom. The molecule has 0 aliphatic carbocycles. The van der Waals surface area contributed by atoms with Crippen LogP contribution in [-0.4, -0.2) is 24.7 Å². The number of hydrogen-bond donors (Lipinski definition) is 1. The van der Waals surface area contributed by atoms with Crippen LogP contribution >= 0.6 is 0 Å². The van der Waals surface area contributed by atoms with Crippen LogP contribution in [0.3, 0.4) is 0 Å². The molecule has 4 nitrogen and oxygen atoms in total. The number of para-hydroxylation sites is 1. The minimum absolute atomic E-state index is 0.0799. The van der Waals surface area contributed by atoms with E-state index in [0.29, 0.717) is 0 Å². The van der Waals surface area contributed by atoms with Crippen LogP contribution < -0.4 is 14.8 Å². The third-order valence-electron chi connectivity index (χ3n) is 3.80. The van der Waals surface area contributed by atoms with E-state index >= 15 is 0 Å². The molecule has 0 saturated carbocycles. The third-order valence-corrected chi connectivity index (χ3v) is 3.80. The van der Waals surface area contributed by atoms with Gasteiger partial charge in [0.15, 0.2) is 0 Å². The highest BCUT2D eigenvalue weighted by molar-refractivity contribution is 5.39. The quantitative estimate of drug-likeness (QED) is 0.917. The predicted molar refractivity (Wildman–Crippen MR) is 81.8 cm³/mol. The zero-order valence-electron chi connectivity index (χ0n) is 12.4. The molecule has 110 valence electrons. The number of pyridine rings is 1. The zero-order valence-corrected chi connectivity index (χ0v) is 12.4. The molecule has 0 bridgehead atoms. The van der Waals surface area contributed by atoms with Crippen LogP contribution in [-0.2, 0) is 6.42 Å². The molecular weight excluding hydrogens is 264 g/mol. The lowest BCUT2D eigenvalue weighted by molar-refractivity contribution is 0.179. The summed E-state index contributed by atoms with van der Waals surface area (Å²) in [6, 6.07) is 10.3. The van der Waals surface area contributed by atoms with Gasteiger partial charge in [0.2, 0.25) is 0 Å². The topological polar surface area (TPSA) is 43.4 Å². The minimum atomic E-state index is 0.0799. The number of ether oxygens (including phenoxy) is 2. The SMILES string of the molecule is CCNC(c1cncc(OC)c1)C1Cc2ccccc2O1. The monoisotopic (exact) mass is 284 g/mol. The fourth-order valence-electron chi connectivity index (χ4n) is 2.80. The van der Waals surface area contributed by atoms with Crippen molar-refractivity contribution in [2.75, 3.05) is 13.7 Å². The number of benzene rings is 1. The van der Waals surface area contributed by atoms with Crippen LogP contribution in [0.15, 0.2) is 42.7 Å². The molecule has 2 heterocycles. The van der Waals surface area contributed by atoms with E-state index < -0.39 is 0 Å². The molecule has 0 spiro atoms. The Hall–Kier alpha value is -2.07. The molecule has 2 atom stereocenters. The molecule has 1 aromatic carbocycles. The summed E-state index contributed by atoms with van der Waals surface area (Å²) in [5.74, 6) is 1.76. The van der Waals surface area contributed by atoms with Crippen molar-refractivity contribution < 1.29 is 9.47 Å². The summed E-state index contributed by atoms with van der Waals surface area (Å²) in [5, 5.41) is 3.51. The highest BCUT2D eigenvalue weighted by atomic mass is 16.5. The molecule has 1 aliphatic rings. The molecule has 0 amide bonds. The second-order valence-electron chi connectivity index (χ2n) is 5.16. The molecule has 1 N–H and O–H groups in total. The first-order valence-electron chi connectivity index (χ1n) is 7.28. The van der Waals surface area contributed by atoms with Gasteiger partial charge >= 0.3 is 0 Å². The summed E-state index contributed by atoms with van der Waals surface area (Å²) in [5.41, 5.74) is 2.36. The van der Waals surface area contributed by atoms with Crippen molar-refractivity contribution in [2.45, 2.75) is 25.5 Å². The lowest BCUT2D eigenvalue weighted by atomic mass is 9.99. The fraction of sp³-hybridized carbons (Fsp3) is 0.353. The van der Waals surface area contributed by atoms with Gasteiger partial charge in [-0.25, -0.2) is 0 Å². The number of methoxy groups -OCH3 is 1. The van der Waals surface area contributed by atoms with Crippen LogP contribution in [0.1, 0.15) is 24.1 Å². The Morgan fingerprint density at radius 2 is 2.24 bits per heavy atom. The van der Waals surface area contributed by atoms with Gasteiger partial charge in [-0.05, 0) is 29.8 Å². The van der Waals surface area contributed by atoms with Crippen molar-refractivity contribution in [3.8, 4) is 11.5 Å².